The van der Waals surface area contributed by atoms with Gasteiger partial charge in [-0.3, -0.25) is 0 Å². The van der Waals surface area contributed by atoms with Crippen molar-refractivity contribution in [1.29, 1.82) is 0 Å². The molecule has 0 radical (unpaired) electrons. The van der Waals surface area contributed by atoms with E-state index in [1.807, 2.05) is 24.3 Å². The zero-order valence-corrected chi connectivity index (χ0v) is 14.5. The lowest BCUT2D eigenvalue weighted by Crippen LogP contribution is -1.96. The summed E-state index contributed by atoms with van der Waals surface area (Å²) in [7, 11) is 1.34. The van der Waals surface area contributed by atoms with Crippen LogP contribution in [0.1, 0.15) is 9.67 Å². The number of fused-ring (bicyclic) bond motifs is 1. The van der Waals surface area contributed by atoms with Gasteiger partial charge in [-0.05, 0) is 30.3 Å². The third-order valence-electron chi connectivity index (χ3n) is 2.91. The van der Waals surface area contributed by atoms with Crippen LogP contribution in [0.25, 0.3) is 10.1 Å². The zero-order valence-electron chi connectivity index (χ0n) is 11.3. The van der Waals surface area contributed by atoms with E-state index in [1.165, 1.54) is 18.4 Å². The van der Waals surface area contributed by atoms with Crippen LogP contribution >= 0.6 is 38.9 Å². The minimum absolute atomic E-state index is 0.240. The van der Waals surface area contributed by atoms with E-state index in [4.69, 9.17) is 21.1 Å². The number of aromatic nitrogens is 1. The number of ether oxygens (including phenoxy) is 2. The van der Waals surface area contributed by atoms with Crippen LogP contribution in [0.2, 0.25) is 5.15 Å². The standard InChI is InChI=1S/C15H9BrClNO3S/c1-20-15(19)11-6-10-12(22-11)7-18-14(17)13(10)21-9-4-2-8(16)3-5-9/h2-7H,1H3. The van der Waals surface area contributed by atoms with Gasteiger partial charge in [-0.1, -0.05) is 27.5 Å². The molecule has 0 aliphatic rings. The molecule has 0 aliphatic heterocycles. The van der Waals surface area contributed by atoms with Crippen molar-refractivity contribution in [2.45, 2.75) is 0 Å². The number of thiophene rings is 1. The van der Waals surface area contributed by atoms with Crippen molar-refractivity contribution in [3.63, 3.8) is 0 Å². The highest BCUT2D eigenvalue weighted by molar-refractivity contribution is 9.10. The highest BCUT2D eigenvalue weighted by Gasteiger charge is 2.17. The number of nitrogens with zero attached hydrogens (tertiary/aromatic N) is 1. The topological polar surface area (TPSA) is 48.4 Å². The van der Waals surface area contributed by atoms with Crippen LogP contribution in [0.3, 0.4) is 0 Å². The quantitative estimate of drug-likeness (QED) is 0.444. The van der Waals surface area contributed by atoms with Gasteiger partial charge >= 0.3 is 5.97 Å². The average Bonchev–Trinajstić information content (AvgIpc) is 2.96. The van der Waals surface area contributed by atoms with Gasteiger partial charge in [0.2, 0.25) is 0 Å². The molecule has 2 heterocycles. The van der Waals surface area contributed by atoms with Crippen molar-refractivity contribution in [1.82, 2.24) is 4.98 Å². The zero-order chi connectivity index (χ0) is 15.7. The van der Waals surface area contributed by atoms with E-state index in [9.17, 15) is 4.79 Å². The Labute approximate surface area is 143 Å². The van der Waals surface area contributed by atoms with Crippen LogP contribution in [0, 0.1) is 0 Å². The minimum atomic E-state index is -0.396. The SMILES string of the molecule is COC(=O)c1cc2c(Oc3ccc(Br)cc3)c(Cl)ncc2s1. The first-order valence-corrected chi connectivity index (χ1v) is 8.17. The molecule has 0 saturated carbocycles. The van der Waals surface area contributed by atoms with Crippen LogP contribution in [-0.4, -0.2) is 18.1 Å². The van der Waals surface area contributed by atoms with Gasteiger partial charge in [0.15, 0.2) is 10.9 Å². The van der Waals surface area contributed by atoms with Crippen molar-refractivity contribution >= 4 is 54.9 Å². The minimum Gasteiger partial charge on any atom is -0.465 e. The van der Waals surface area contributed by atoms with Crippen LogP contribution in [0.4, 0.5) is 0 Å². The number of benzene rings is 1. The van der Waals surface area contributed by atoms with Crippen molar-refractivity contribution in [2.75, 3.05) is 7.11 Å². The summed E-state index contributed by atoms with van der Waals surface area (Å²) in [4.78, 5) is 16.2. The van der Waals surface area contributed by atoms with Crippen molar-refractivity contribution in [2.24, 2.45) is 0 Å². The molecule has 0 bridgehead atoms. The van der Waals surface area contributed by atoms with Gasteiger partial charge in [-0.15, -0.1) is 11.3 Å². The lowest BCUT2D eigenvalue weighted by Gasteiger charge is -2.08. The van der Waals surface area contributed by atoms with Gasteiger partial charge in [0.05, 0.1) is 11.8 Å². The molecule has 0 unspecified atom stereocenters. The van der Waals surface area contributed by atoms with Gasteiger partial charge in [0.1, 0.15) is 10.6 Å². The number of rotatable bonds is 3. The van der Waals surface area contributed by atoms with E-state index >= 15 is 0 Å². The van der Waals surface area contributed by atoms with Crippen molar-refractivity contribution < 1.29 is 14.3 Å². The lowest BCUT2D eigenvalue weighted by atomic mass is 10.3. The van der Waals surface area contributed by atoms with Gasteiger partial charge in [0, 0.05) is 16.1 Å². The smallest absolute Gasteiger partial charge is 0.348 e. The Kier molecular flexibility index (Phi) is 4.33. The Bertz CT molecular complexity index is 848. The maximum atomic E-state index is 11.7. The van der Waals surface area contributed by atoms with Crippen molar-refractivity contribution in [3.8, 4) is 11.5 Å². The number of halogens is 2. The number of hydrogen-bond acceptors (Lipinski definition) is 5. The molecular formula is C15H9BrClNO3S. The summed E-state index contributed by atoms with van der Waals surface area (Å²) in [5, 5.41) is 0.970. The molecule has 7 heteroatoms. The lowest BCUT2D eigenvalue weighted by molar-refractivity contribution is 0.0606. The Balaban J connectivity index is 2.07. The first-order chi connectivity index (χ1) is 10.6. The molecule has 0 fully saturated rings. The fourth-order valence-corrected chi connectivity index (χ4v) is 3.28. The molecule has 0 saturated heterocycles. The number of carbonyl (C=O) groups excluding carboxylic acids is 1. The molecule has 3 aromatic rings. The molecule has 22 heavy (non-hydrogen) atoms. The Morgan fingerprint density at radius 2 is 2.05 bits per heavy atom. The number of pyridine rings is 1. The highest BCUT2D eigenvalue weighted by Crippen LogP contribution is 2.39. The van der Waals surface area contributed by atoms with Crippen LogP contribution in [-0.2, 0) is 4.74 Å². The predicted molar refractivity (Wildman–Crippen MR) is 90.2 cm³/mol. The summed E-state index contributed by atoms with van der Waals surface area (Å²) in [6.07, 6.45) is 1.61. The molecule has 0 N–H and O–H groups in total. The van der Waals surface area contributed by atoms with E-state index in [0.717, 1.165) is 14.6 Å². The molecule has 0 aliphatic carbocycles. The van der Waals surface area contributed by atoms with Crippen molar-refractivity contribution in [3.05, 3.63) is 51.0 Å². The van der Waals surface area contributed by atoms with E-state index in [2.05, 4.69) is 20.9 Å². The van der Waals surface area contributed by atoms with Gasteiger partial charge in [-0.25, -0.2) is 9.78 Å². The molecule has 2 aromatic heterocycles. The Morgan fingerprint density at radius 3 is 2.73 bits per heavy atom. The summed E-state index contributed by atoms with van der Waals surface area (Å²) in [6.45, 7) is 0. The molecule has 0 spiro atoms. The molecule has 0 atom stereocenters. The highest BCUT2D eigenvalue weighted by atomic mass is 79.9. The third kappa shape index (κ3) is 2.95. The Hall–Kier alpha value is -1.63. The molecule has 1 aromatic carbocycles. The molecule has 112 valence electrons. The molecule has 3 rings (SSSR count). The van der Waals surface area contributed by atoms with E-state index in [0.29, 0.717) is 16.4 Å². The number of esters is 1. The monoisotopic (exact) mass is 397 g/mol. The fraction of sp³-hybridized carbons (Fsp3) is 0.0667. The molecular weight excluding hydrogens is 390 g/mol. The summed E-state index contributed by atoms with van der Waals surface area (Å²) in [6, 6.07) is 9.06. The summed E-state index contributed by atoms with van der Waals surface area (Å²) < 4.78 is 12.3. The van der Waals surface area contributed by atoms with Gasteiger partial charge in [-0.2, -0.15) is 0 Å². The predicted octanol–water partition coefficient (Wildman–Crippen LogP) is 5.29. The number of methoxy groups -OCH3 is 1. The average molecular weight is 399 g/mol. The second-order valence-corrected chi connectivity index (χ2v) is 6.67. The third-order valence-corrected chi connectivity index (χ3v) is 4.76. The number of carbonyl (C=O) groups is 1. The summed E-state index contributed by atoms with van der Waals surface area (Å²) in [5.74, 6) is 0.657. The van der Waals surface area contributed by atoms with Gasteiger partial charge in [0.25, 0.3) is 0 Å². The van der Waals surface area contributed by atoms with E-state index in [1.54, 1.807) is 12.3 Å². The first-order valence-electron chi connectivity index (χ1n) is 6.18. The number of hydrogen-bond donors (Lipinski definition) is 0. The van der Waals surface area contributed by atoms with Crippen LogP contribution in [0.5, 0.6) is 11.5 Å². The summed E-state index contributed by atoms with van der Waals surface area (Å²) in [5.41, 5.74) is 0. The maximum Gasteiger partial charge on any atom is 0.348 e. The molecule has 0 amide bonds. The van der Waals surface area contributed by atoms with E-state index < -0.39 is 5.97 Å². The first kappa shape index (κ1) is 15.3. The van der Waals surface area contributed by atoms with Gasteiger partial charge < -0.3 is 9.47 Å². The van der Waals surface area contributed by atoms with Crippen LogP contribution in [0.15, 0.2) is 41.0 Å². The molecule has 4 nitrogen and oxygen atoms in total. The largest absolute Gasteiger partial charge is 0.465 e. The summed E-state index contributed by atoms with van der Waals surface area (Å²) >= 11 is 10.8. The Morgan fingerprint density at radius 1 is 1.32 bits per heavy atom. The maximum absolute atomic E-state index is 11.7. The fourth-order valence-electron chi connectivity index (χ4n) is 1.88. The van der Waals surface area contributed by atoms with E-state index in [-0.39, 0.29) is 5.15 Å². The normalized spacial score (nSPS) is 10.7. The van der Waals surface area contributed by atoms with Crippen LogP contribution < -0.4 is 4.74 Å². The second kappa shape index (κ2) is 6.24. The second-order valence-electron chi connectivity index (χ2n) is 4.31.